The maximum absolute atomic E-state index is 4.46. The molecular weight excluding hydrogens is 266 g/mol. The van der Waals surface area contributed by atoms with Gasteiger partial charge in [0.25, 0.3) is 0 Å². The number of aromatic nitrogens is 2. The second-order valence-electron chi connectivity index (χ2n) is 3.66. The highest BCUT2D eigenvalue weighted by molar-refractivity contribution is 9.10. The van der Waals surface area contributed by atoms with E-state index in [0.29, 0.717) is 0 Å². The molecule has 2 rings (SSSR count). The molecule has 1 aromatic heterocycles. The number of hydrogen-bond acceptors (Lipinski definition) is 2. The number of benzene rings is 1. The van der Waals surface area contributed by atoms with Crippen molar-refractivity contribution in [3.05, 3.63) is 52.3 Å². The number of hydrogen-bond donors (Lipinski definition) is 1. The van der Waals surface area contributed by atoms with Crippen LogP contribution < -0.4 is 5.32 Å². The predicted octanol–water partition coefficient (Wildman–Crippen LogP) is 2.41. The Balaban J connectivity index is 2.08. The van der Waals surface area contributed by atoms with Gasteiger partial charge in [0.15, 0.2) is 0 Å². The Morgan fingerprint density at radius 3 is 3.00 bits per heavy atom. The van der Waals surface area contributed by atoms with Gasteiger partial charge >= 0.3 is 0 Å². The minimum atomic E-state index is 0.809. The Morgan fingerprint density at radius 1 is 1.38 bits per heavy atom. The van der Waals surface area contributed by atoms with Gasteiger partial charge in [-0.25, -0.2) is 0 Å². The van der Waals surface area contributed by atoms with Crippen LogP contribution >= 0.6 is 15.9 Å². The van der Waals surface area contributed by atoms with Crippen molar-refractivity contribution in [2.75, 3.05) is 7.05 Å². The average Bonchev–Trinajstić information content (AvgIpc) is 2.66. The monoisotopic (exact) mass is 279 g/mol. The first-order chi connectivity index (χ1) is 7.78. The van der Waals surface area contributed by atoms with Gasteiger partial charge in [0.2, 0.25) is 0 Å². The average molecular weight is 280 g/mol. The SMILES string of the molecule is CNCc1ccn(Cc2cccc(Br)c2)n1. The summed E-state index contributed by atoms with van der Waals surface area (Å²) in [5.41, 5.74) is 2.31. The van der Waals surface area contributed by atoms with Crippen LogP contribution in [0.4, 0.5) is 0 Å². The lowest BCUT2D eigenvalue weighted by Crippen LogP contribution is -2.07. The minimum Gasteiger partial charge on any atom is -0.314 e. The summed E-state index contributed by atoms with van der Waals surface area (Å²) in [5, 5.41) is 7.55. The van der Waals surface area contributed by atoms with E-state index in [1.165, 1.54) is 5.56 Å². The molecule has 0 spiro atoms. The molecule has 0 amide bonds. The first kappa shape index (κ1) is 11.4. The van der Waals surface area contributed by atoms with Gasteiger partial charge in [0, 0.05) is 17.2 Å². The molecule has 0 saturated heterocycles. The van der Waals surface area contributed by atoms with Crippen molar-refractivity contribution in [1.29, 1.82) is 0 Å². The summed E-state index contributed by atoms with van der Waals surface area (Å²) < 4.78 is 3.06. The lowest BCUT2D eigenvalue weighted by Gasteiger charge is -2.02. The van der Waals surface area contributed by atoms with E-state index in [2.05, 4.69) is 38.5 Å². The van der Waals surface area contributed by atoms with Gasteiger partial charge in [-0.1, -0.05) is 28.1 Å². The van der Waals surface area contributed by atoms with Crippen molar-refractivity contribution in [2.45, 2.75) is 13.1 Å². The van der Waals surface area contributed by atoms with Gasteiger partial charge in [-0.05, 0) is 30.8 Å². The topological polar surface area (TPSA) is 29.9 Å². The smallest absolute Gasteiger partial charge is 0.0762 e. The zero-order valence-corrected chi connectivity index (χ0v) is 10.7. The Labute approximate surface area is 104 Å². The van der Waals surface area contributed by atoms with Gasteiger partial charge in [-0.3, -0.25) is 4.68 Å². The molecule has 1 aromatic carbocycles. The van der Waals surface area contributed by atoms with E-state index in [1.54, 1.807) is 0 Å². The van der Waals surface area contributed by atoms with Crippen molar-refractivity contribution in [1.82, 2.24) is 15.1 Å². The summed E-state index contributed by atoms with van der Waals surface area (Å²) in [4.78, 5) is 0. The first-order valence-corrected chi connectivity index (χ1v) is 5.98. The minimum absolute atomic E-state index is 0.809. The summed E-state index contributed by atoms with van der Waals surface area (Å²) in [6.07, 6.45) is 2.01. The fourth-order valence-electron chi connectivity index (χ4n) is 1.59. The maximum atomic E-state index is 4.46. The fourth-order valence-corrected chi connectivity index (χ4v) is 2.04. The molecule has 1 heterocycles. The Morgan fingerprint density at radius 2 is 2.25 bits per heavy atom. The Bertz CT molecular complexity index is 465. The standard InChI is InChI=1S/C12H14BrN3/c1-14-8-12-5-6-16(15-12)9-10-3-2-4-11(13)7-10/h2-7,14H,8-9H2,1H3. The first-order valence-electron chi connectivity index (χ1n) is 5.19. The van der Waals surface area contributed by atoms with Crippen LogP contribution in [0.25, 0.3) is 0 Å². The fraction of sp³-hybridized carbons (Fsp3) is 0.250. The highest BCUT2D eigenvalue weighted by Gasteiger charge is 1.99. The van der Waals surface area contributed by atoms with E-state index >= 15 is 0 Å². The number of halogens is 1. The number of nitrogens with one attached hydrogen (secondary N) is 1. The quantitative estimate of drug-likeness (QED) is 0.932. The number of nitrogens with zero attached hydrogens (tertiary/aromatic N) is 2. The van der Waals surface area contributed by atoms with Crippen molar-refractivity contribution >= 4 is 15.9 Å². The molecule has 0 atom stereocenters. The summed E-state index contributed by atoms with van der Waals surface area (Å²) >= 11 is 3.47. The van der Waals surface area contributed by atoms with Gasteiger partial charge in [-0.2, -0.15) is 5.10 Å². The van der Waals surface area contributed by atoms with Crippen molar-refractivity contribution in [3.8, 4) is 0 Å². The summed E-state index contributed by atoms with van der Waals surface area (Å²) in [7, 11) is 1.92. The lowest BCUT2D eigenvalue weighted by atomic mass is 10.2. The second-order valence-corrected chi connectivity index (χ2v) is 4.58. The van der Waals surface area contributed by atoms with E-state index < -0.39 is 0 Å². The van der Waals surface area contributed by atoms with E-state index in [1.807, 2.05) is 36.1 Å². The molecule has 1 N–H and O–H groups in total. The van der Waals surface area contributed by atoms with Crippen molar-refractivity contribution < 1.29 is 0 Å². The molecule has 0 aliphatic heterocycles. The molecule has 0 fully saturated rings. The van der Waals surface area contributed by atoms with Crippen LogP contribution in [0.1, 0.15) is 11.3 Å². The largest absolute Gasteiger partial charge is 0.314 e. The van der Waals surface area contributed by atoms with Gasteiger partial charge in [0.1, 0.15) is 0 Å². The molecule has 16 heavy (non-hydrogen) atoms. The van der Waals surface area contributed by atoms with Crippen LogP contribution in [-0.4, -0.2) is 16.8 Å². The maximum Gasteiger partial charge on any atom is 0.0762 e. The van der Waals surface area contributed by atoms with Crippen LogP contribution in [0.5, 0.6) is 0 Å². The normalized spacial score (nSPS) is 10.6. The van der Waals surface area contributed by atoms with Crippen LogP contribution in [0, 0.1) is 0 Å². The molecule has 0 aliphatic rings. The number of rotatable bonds is 4. The zero-order chi connectivity index (χ0) is 11.4. The second kappa shape index (κ2) is 5.27. The molecule has 84 valence electrons. The van der Waals surface area contributed by atoms with Crippen LogP contribution in [0.2, 0.25) is 0 Å². The van der Waals surface area contributed by atoms with E-state index in [9.17, 15) is 0 Å². The zero-order valence-electron chi connectivity index (χ0n) is 9.15. The highest BCUT2D eigenvalue weighted by atomic mass is 79.9. The molecule has 2 aromatic rings. The molecule has 3 nitrogen and oxygen atoms in total. The molecule has 0 radical (unpaired) electrons. The summed E-state index contributed by atoms with van der Waals surface area (Å²) in [6, 6.07) is 10.3. The van der Waals surface area contributed by atoms with Gasteiger partial charge < -0.3 is 5.32 Å². The van der Waals surface area contributed by atoms with Crippen LogP contribution in [0.15, 0.2) is 41.0 Å². The summed E-state index contributed by atoms with van der Waals surface area (Å²) in [5.74, 6) is 0. The van der Waals surface area contributed by atoms with Gasteiger partial charge in [-0.15, -0.1) is 0 Å². The molecule has 4 heteroatoms. The van der Waals surface area contributed by atoms with Crippen molar-refractivity contribution in [2.24, 2.45) is 0 Å². The third-order valence-corrected chi connectivity index (χ3v) is 2.78. The highest BCUT2D eigenvalue weighted by Crippen LogP contribution is 2.12. The van der Waals surface area contributed by atoms with Crippen LogP contribution in [0.3, 0.4) is 0 Å². The van der Waals surface area contributed by atoms with E-state index in [0.717, 1.165) is 23.3 Å². The lowest BCUT2D eigenvalue weighted by molar-refractivity contribution is 0.659. The molecule has 0 saturated carbocycles. The predicted molar refractivity (Wildman–Crippen MR) is 68.2 cm³/mol. The van der Waals surface area contributed by atoms with Gasteiger partial charge in [0.05, 0.1) is 12.2 Å². The Hall–Kier alpha value is -1.13. The molecule has 0 unspecified atom stereocenters. The van der Waals surface area contributed by atoms with E-state index in [-0.39, 0.29) is 0 Å². The van der Waals surface area contributed by atoms with Crippen LogP contribution in [-0.2, 0) is 13.1 Å². The van der Waals surface area contributed by atoms with E-state index in [4.69, 9.17) is 0 Å². The Kier molecular flexibility index (Phi) is 3.74. The van der Waals surface area contributed by atoms with Crippen molar-refractivity contribution in [3.63, 3.8) is 0 Å². The molecule has 0 aliphatic carbocycles. The molecule has 0 bridgehead atoms. The third kappa shape index (κ3) is 2.93. The third-order valence-electron chi connectivity index (χ3n) is 2.29. The summed E-state index contributed by atoms with van der Waals surface area (Å²) in [6.45, 7) is 1.62. The molecular formula is C12H14BrN3.